The highest BCUT2D eigenvalue weighted by Crippen LogP contribution is 2.30. The monoisotopic (exact) mass is 274 g/mol. The average molecular weight is 274 g/mol. The molecule has 20 heavy (non-hydrogen) atoms. The van der Waals surface area contributed by atoms with E-state index in [4.69, 9.17) is 4.74 Å². The number of hydrogen-bond donors (Lipinski definition) is 1. The molecule has 0 saturated carbocycles. The molecule has 0 aliphatic carbocycles. The van der Waals surface area contributed by atoms with Crippen LogP contribution in [0.4, 0.5) is 4.39 Å². The zero-order valence-electron chi connectivity index (χ0n) is 12.0. The molecule has 0 aliphatic heterocycles. The Balaban J connectivity index is 2.50. The fourth-order valence-electron chi connectivity index (χ4n) is 2.29. The Bertz CT molecular complexity index is 586. The van der Waals surface area contributed by atoms with Crippen molar-refractivity contribution < 1.29 is 9.13 Å². The van der Waals surface area contributed by atoms with Crippen LogP contribution >= 0.6 is 0 Å². The second-order valence-corrected chi connectivity index (χ2v) is 4.61. The van der Waals surface area contributed by atoms with E-state index in [9.17, 15) is 4.39 Å². The zero-order chi connectivity index (χ0) is 14.5. The van der Waals surface area contributed by atoms with Gasteiger partial charge >= 0.3 is 0 Å². The quantitative estimate of drug-likeness (QED) is 0.909. The van der Waals surface area contributed by atoms with E-state index in [1.807, 2.05) is 26.0 Å². The number of benzene rings is 1. The van der Waals surface area contributed by atoms with Crippen LogP contribution in [0, 0.1) is 12.7 Å². The van der Waals surface area contributed by atoms with Crippen LogP contribution in [0.5, 0.6) is 5.75 Å². The molecule has 0 bridgehead atoms. The van der Waals surface area contributed by atoms with E-state index in [-0.39, 0.29) is 11.9 Å². The van der Waals surface area contributed by atoms with Gasteiger partial charge in [0, 0.05) is 17.5 Å². The summed E-state index contributed by atoms with van der Waals surface area (Å²) < 4.78 is 18.9. The number of ether oxygens (including phenoxy) is 1. The van der Waals surface area contributed by atoms with E-state index < -0.39 is 0 Å². The standard InChI is InChI=1S/C16H19FN2O/c1-4-18-16(12-7-8-19-11(2)9-12)14-10-13(17)5-6-15(14)20-3/h5-10,16,18H,4H2,1-3H3. The summed E-state index contributed by atoms with van der Waals surface area (Å²) in [5.74, 6) is 0.404. The van der Waals surface area contributed by atoms with E-state index in [0.29, 0.717) is 5.75 Å². The number of aryl methyl sites for hydroxylation is 1. The fraction of sp³-hybridized carbons (Fsp3) is 0.312. The van der Waals surface area contributed by atoms with Crippen molar-refractivity contribution in [3.05, 3.63) is 59.2 Å². The first kappa shape index (κ1) is 14.5. The predicted molar refractivity (Wildman–Crippen MR) is 77.4 cm³/mol. The highest BCUT2D eigenvalue weighted by molar-refractivity contribution is 5.42. The summed E-state index contributed by atoms with van der Waals surface area (Å²) in [5, 5.41) is 3.37. The van der Waals surface area contributed by atoms with Crippen LogP contribution in [0.15, 0.2) is 36.5 Å². The summed E-state index contributed by atoms with van der Waals surface area (Å²) in [7, 11) is 1.59. The summed E-state index contributed by atoms with van der Waals surface area (Å²) in [6.45, 7) is 4.73. The molecule has 0 radical (unpaired) electrons. The molecular weight excluding hydrogens is 255 g/mol. The van der Waals surface area contributed by atoms with Crippen LogP contribution < -0.4 is 10.1 Å². The molecule has 0 fully saturated rings. The molecule has 4 heteroatoms. The third-order valence-electron chi connectivity index (χ3n) is 3.17. The van der Waals surface area contributed by atoms with Gasteiger partial charge in [0.05, 0.1) is 13.2 Å². The van der Waals surface area contributed by atoms with Gasteiger partial charge in [-0.2, -0.15) is 0 Å². The molecule has 0 aliphatic rings. The summed E-state index contributed by atoms with van der Waals surface area (Å²) in [4.78, 5) is 4.20. The lowest BCUT2D eigenvalue weighted by Crippen LogP contribution is -2.23. The highest BCUT2D eigenvalue weighted by atomic mass is 19.1. The number of pyridine rings is 1. The molecule has 1 heterocycles. The van der Waals surface area contributed by atoms with Crippen molar-refractivity contribution in [2.75, 3.05) is 13.7 Å². The van der Waals surface area contributed by atoms with Gasteiger partial charge in [0.2, 0.25) is 0 Å². The Labute approximate surface area is 118 Å². The van der Waals surface area contributed by atoms with Crippen molar-refractivity contribution in [1.29, 1.82) is 0 Å². The molecule has 0 spiro atoms. The number of aromatic nitrogens is 1. The van der Waals surface area contributed by atoms with Crippen molar-refractivity contribution in [2.24, 2.45) is 0 Å². The maximum atomic E-state index is 13.6. The Kier molecular flexibility index (Phi) is 4.69. The Morgan fingerprint density at radius 1 is 1.30 bits per heavy atom. The van der Waals surface area contributed by atoms with E-state index in [2.05, 4.69) is 10.3 Å². The van der Waals surface area contributed by atoms with Gasteiger partial charge in [-0.25, -0.2) is 4.39 Å². The molecule has 1 aromatic heterocycles. The van der Waals surface area contributed by atoms with Gasteiger partial charge in [0.15, 0.2) is 0 Å². The highest BCUT2D eigenvalue weighted by Gasteiger charge is 2.18. The molecule has 106 valence electrons. The minimum Gasteiger partial charge on any atom is -0.496 e. The van der Waals surface area contributed by atoms with Crippen molar-refractivity contribution in [2.45, 2.75) is 19.9 Å². The minimum atomic E-state index is -0.269. The van der Waals surface area contributed by atoms with Crippen molar-refractivity contribution in [3.8, 4) is 5.75 Å². The normalized spacial score (nSPS) is 12.2. The van der Waals surface area contributed by atoms with Gasteiger partial charge in [0.1, 0.15) is 11.6 Å². The van der Waals surface area contributed by atoms with Crippen LogP contribution in [-0.2, 0) is 0 Å². The first-order chi connectivity index (χ1) is 9.65. The van der Waals surface area contributed by atoms with Crippen molar-refractivity contribution in [3.63, 3.8) is 0 Å². The maximum absolute atomic E-state index is 13.6. The van der Waals surface area contributed by atoms with Gasteiger partial charge in [-0.3, -0.25) is 4.98 Å². The molecule has 2 rings (SSSR count). The molecule has 1 atom stereocenters. The van der Waals surface area contributed by atoms with Gasteiger partial charge in [-0.1, -0.05) is 6.92 Å². The first-order valence-electron chi connectivity index (χ1n) is 6.65. The first-order valence-corrected chi connectivity index (χ1v) is 6.65. The van der Waals surface area contributed by atoms with Gasteiger partial charge < -0.3 is 10.1 Å². The number of hydrogen-bond acceptors (Lipinski definition) is 3. The average Bonchev–Trinajstić information content (AvgIpc) is 2.44. The molecule has 0 saturated heterocycles. The fourth-order valence-corrected chi connectivity index (χ4v) is 2.29. The Morgan fingerprint density at radius 3 is 2.75 bits per heavy atom. The van der Waals surface area contributed by atoms with Crippen LogP contribution in [0.3, 0.4) is 0 Å². The van der Waals surface area contributed by atoms with Gasteiger partial charge in [0.25, 0.3) is 0 Å². The summed E-state index contributed by atoms with van der Waals surface area (Å²) >= 11 is 0. The minimum absolute atomic E-state index is 0.118. The van der Waals surface area contributed by atoms with Crippen LogP contribution in [0.25, 0.3) is 0 Å². The lowest BCUT2D eigenvalue weighted by atomic mass is 9.98. The van der Waals surface area contributed by atoms with Crippen molar-refractivity contribution >= 4 is 0 Å². The third kappa shape index (κ3) is 3.14. The zero-order valence-corrected chi connectivity index (χ0v) is 12.0. The largest absolute Gasteiger partial charge is 0.496 e. The Morgan fingerprint density at radius 2 is 2.10 bits per heavy atom. The molecule has 1 unspecified atom stereocenters. The SMILES string of the molecule is CCNC(c1ccnc(C)c1)c1cc(F)ccc1OC. The van der Waals surface area contributed by atoms with Crippen LogP contribution in [0.1, 0.15) is 29.8 Å². The second-order valence-electron chi connectivity index (χ2n) is 4.61. The van der Waals surface area contributed by atoms with E-state index >= 15 is 0 Å². The number of methoxy groups -OCH3 is 1. The topological polar surface area (TPSA) is 34.2 Å². The Hall–Kier alpha value is -1.94. The molecule has 2 aromatic rings. The van der Waals surface area contributed by atoms with Crippen molar-refractivity contribution in [1.82, 2.24) is 10.3 Å². The summed E-state index contributed by atoms with van der Waals surface area (Å²) in [6.07, 6.45) is 1.76. The smallest absolute Gasteiger partial charge is 0.124 e. The van der Waals surface area contributed by atoms with Gasteiger partial charge in [-0.05, 0) is 49.4 Å². The van der Waals surface area contributed by atoms with Crippen LogP contribution in [0.2, 0.25) is 0 Å². The lowest BCUT2D eigenvalue weighted by molar-refractivity contribution is 0.402. The lowest BCUT2D eigenvalue weighted by Gasteiger charge is -2.21. The van der Waals surface area contributed by atoms with Crippen LogP contribution in [-0.4, -0.2) is 18.6 Å². The maximum Gasteiger partial charge on any atom is 0.124 e. The summed E-state index contributed by atoms with van der Waals surface area (Å²) in [6, 6.07) is 8.39. The number of nitrogens with one attached hydrogen (secondary N) is 1. The van der Waals surface area contributed by atoms with Gasteiger partial charge in [-0.15, -0.1) is 0 Å². The molecule has 0 amide bonds. The molecule has 3 nitrogen and oxygen atoms in total. The van der Waals surface area contributed by atoms with E-state index in [0.717, 1.165) is 23.4 Å². The molecule has 1 aromatic carbocycles. The summed E-state index contributed by atoms with van der Waals surface area (Å²) in [5.41, 5.74) is 2.77. The number of rotatable bonds is 5. The van der Waals surface area contributed by atoms with E-state index in [1.165, 1.54) is 12.1 Å². The number of halogens is 1. The predicted octanol–water partition coefficient (Wildman–Crippen LogP) is 3.24. The van der Waals surface area contributed by atoms with E-state index in [1.54, 1.807) is 19.4 Å². The second kappa shape index (κ2) is 6.48. The molecular formula is C16H19FN2O. The third-order valence-corrected chi connectivity index (χ3v) is 3.17. The molecule has 1 N–H and O–H groups in total. The number of nitrogens with zero attached hydrogens (tertiary/aromatic N) is 1.